The van der Waals surface area contributed by atoms with Gasteiger partial charge in [-0.25, -0.2) is 4.79 Å². The van der Waals surface area contributed by atoms with Crippen molar-refractivity contribution in [1.29, 1.82) is 0 Å². The van der Waals surface area contributed by atoms with Gasteiger partial charge in [-0.1, -0.05) is 42.5 Å². The molecule has 1 spiro atoms. The zero-order valence-corrected chi connectivity index (χ0v) is 15.8. The number of hydrogen-bond acceptors (Lipinski definition) is 3. The van der Waals surface area contributed by atoms with Gasteiger partial charge in [0.25, 0.3) is 0 Å². The van der Waals surface area contributed by atoms with E-state index in [1.807, 2.05) is 24.3 Å². The van der Waals surface area contributed by atoms with Crippen molar-refractivity contribution in [1.82, 2.24) is 4.90 Å². The Kier molecular flexibility index (Phi) is 5.08. The Morgan fingerprint density at radius 2 is 1.89 bits per heavy atom. The zero-order chi connectivity index (χ0) is 18.7. The van der Waals surface area contributed by atoms with E-state index >= 15 is 0 Å². The minimum atomic E-state index is -0.343. The van der Waals surface area contributed by atoms with Gasteiger partial charge in [-0.2, -0.15) is 0 Å². The first-order valence-electron chi connectivity index (χ1n) is 9.25. The van der Waals surface area contributed by atoms with Crippen LogP contribution in [0, 0.1) is 0 Å². The number of ether oxygens (including phenoxy) is 2. The Hall–Kier alpha value is -2.46. The molecule has 27 heavy (non-hydrogen) atoms. The van der Waals surface area contributed by atoms with E-state index in [0.29, 0.717) is 19.0 Å². The fraction of sp³-hybridized carbons (Fsp3) is 0.318. The molecule has 0 unspecified atom stereocenters. The van der Waals surface area contributed by atoms with Crippen molar-refractivity contribution in [2.45, 2.75) is 18.4 Å². The predicted octanol–water partition coefficient (Wildman–Crippen LogP) is 4.97. The van der Waals surface area contributed by atoms with Gasteiger partial charge in [0, 0.05) is 31.5 Å². The summed E-state index contributed by atoms with van der Waals surface area (Å²) in [7, 11) is 0. The standard InChI is InChI=1S/C22H22ClNO3/c23-12-15-26-21(25)24-13-10-22(11-14-24)9-8-19-16-18(6-7-20(19)27-22)17-4-2-1-3-5-17/h1-9,16H,10-15H2. The number of rotatable bonds is 3. The molecule has 0 atom stereocenters. The summed E-state index contributed by atoms with van der Waals surface area (Å²) < 4.78 is 11.5. The van der Waals surface area contributed by atoms with E-state index in [4.69, 9.17) is 21.1 Å². The number of carbonyl (C=O) groups is 1. The van der Waals surface area contributed by atoms with Gasteiger partial charge in [0.05, 0.1) is 5.88 Å². The lowest BCUT2D eigenvalue weighted by atomic mass is 9.88. The van der Waals surface area contributed by atoms with Gasteiger partial charge in [-0.3, -0.25) is 0 Å². The topological polar surface area (TPSA) is 38.8 Å². The molecule has 4 nitrogen and oxygen atoms in total. The summed E-state index contributed by atoms with van der Waals surface area (Å²) in [6.07, 6.45) is 5.50. The molecule has 0 radical (unpaired) electrons. The van der Waals surface area contributed by atoms with Gasteiger partial charge >= 0.3 is 6.09 Å². The van der Waals surface area contributed by atoms with Crippen LogP contribution in [0.3, 0.4) is 0 Å². The van der Waals surface area contributed by atoms with Gasteiger partial charge < -0.3 is 14.4 Å². The van der Waals surface area contributed by atoms with E-state index in [9.17, 15) is 4.79 Å². The second kappa shape index (κ2) is 7.65. The molecule has 0 aliphatic carbocycles. The van der Waals surface area contributed by atoms with Crippen LogP contribution in [0.5, 0.6) is 5.75 Å². The Labute approximate surface area is 164 Å². The van der Waals surface area contributed by atoms with Crippen molar-refractivity contribution >= 4 is 23.8 Å². The summed E-state index contributed by atoms with van der Waals surface area (Å²) in [5.74, 6) is 1.22. The van der Waals surface area contributed by atoms with Gasteiger partial charge in [-0.05, 0) is 29.3 Å². The smallest absolute Gasteiger partial charge is 0.409 e. The molecule has 140 valence electrons. The summed E-state index contributed by atoms with van der Waals surface area (Å²) in [6, 6.07) is 16.6. The lowest BCUT2D eigenvalue weighted by Gasteiger charge is -2.41. The average Bonchev–Trinajstić information content (AvgIpc) is 2.73. The van der Waals surface area contributed by atoms with Crippen molar-refractivity contribution in [2.75, 3.05) is 25.6 Å². The molecule has 4 rings (SSSR count). The summed E-state index contributed by atoms with van der Waals surface area (Å²) in [6.45, 7) is 1.47. The number of alkyl halides is 1. The van der Waals surface area contributed by atoms with E-state index in [-0.39, 0.29) is 18.3 Å². The first-order chi connectivity index (χ1) is 13.2. The number of hydrogen-bond donors (Lipinski definition) is 0. The van der Waals surface area contributed by atoms with Crippen molar-refractivity contribution in [3.8, 4) is 16.9 Å². The lowest BCUT2D eigenvalue weighted by Crippen LogP contribution is -2.49. The quantitative estimate of drug-likeness (QED) is 0.702. The van der Waals surface area contributed by atoms with Crippen LogP contribution >= 0.6 is 11.6 Å². The SMILES string of the molecule is O=C(OCCCl)N1CCC2(C=Cc3cc(-c4ccccc4)ccc3O2)CC1. The fourth-order valence-corrected chi connectivity index (χ4v) is 3.71. The summed E-state index contributed by atoms with van der Waals surface area (Å²) >= 11 is 5.57. The normalized spacial score (nSPS) is 17.3. The predicted molar refractivity (Wildman–Crippen MR) is 107 cm³/mol. The molecule has 1 saturated heterocycles. The Morgan fingerprint density at radius 1 is 1.11 bits per heavy atom. The van der Waals surface area contributed by atoms with Gasteiger partial charge in [0.15, 0.2) is 0 Å². The number of likely N-dealkylation sites (tertiary alicyclic amines) is 1. The molecule has 1 amide bonds. The maximum Gasteiger partial charge on any atom is 0.409 e. The number of benzene rings is 2. The highest BCUT2D eigenvalue weighted by atomic mass is 35.5. The third kappa shape index (κ3) is 3.81. The van der Waals surface area contributed by atoms with E-state index < -0.39 is 0 Å². The monoisotopic (exact) mass is 383 g/mol. The van der Waals surface area contributed by atoms with Crippen LogP contribution in [0.2, 0.25) is 0 Å². The molecule has 2 heterocycles. The molecule has 2 aliphatic rings. The largest absolute Gasteiger partial charge is 0.482 e. The molecule has 0 aromatic heterocycles. The number of nitrogens with zero attached hydrogens (tertiary/aromatic N) is 1. The second-order valence-electron chi connectivity index (χ2n) is 6.91. The average molecular weight is 384 g/mol. The molecule has 2 aliphatic heterocycles. The van der Waals surface area contributed by atoms with Crippen molar-refractivity contribution in [2.24, 2.45) is 0 Å². The number of carbonyl (C=O) groups excluding carboxylic acids is 1. The number of halogens is 1. The van der Waals surface area contributed by atoms with Gasteiger partial charge in [-0.15, -0.1) is 11.6 Å². The second-order valence-corrected chi connectivity index (χ2v) is 7.29. The van der Waals surface area contributed by atoms with Crippen molar-refractivity contribution < 1.29 is 14.3 Å². The zero-order valence-electron chi connectivity index (χ0n) is 15.1. The van der Waals surface area contributed by atoms with E-state index in [0.717, 1.165) is 24.2 Å². The highest BCUT2D eigenvalue weighted by Gasteiger charge is 2.38. The Bertz CT molecular complexity index is 842. The molecule has 2 aromatic carbocycles. The number of fused-ring (bicyclic) bond motifs is 1. The van der Waals surface area contributed by atoms with Crippen molar-refractivity contribution in [3.63, 3.8) is 0 Å². The van der Waals surface area contributed by atoms with Crippen LogP contribution in [0.25, 0.3) is 17.2 Å². The highest BCUT2D eigenvalue weighted by molar-refractivity contribution is 6.18. The van der Waals surface area contributed by atoms with Gasteiger partial charge in [0.2, 0.25) is 0 Å². The minimum Gasteiger partial charge on any atom is -0.482 e. The van der Waals surface area contributed by atoms with Crippen LogP contribution in [0.1, 0.15) is 18.4 Å². The van der Waals surface area contributed by atoms with Gasteiger partial charge in [0.1, 0.15) is 18.0 Å². The maximum absolute atomic E-state index is 12.0. The van der Waals surface area contributed by atoms with E-state index in [1.54, 1.807) is 4.90 Å². The Morgan fingerprint density at radius 3 is 2.63 bits per heavy atom. The molecular formula is C22H22ClNO3. The van der Waals surface area contributed by atoms with Crippen LogP contribution < -0.4 is 4.74 Å². The molecule has 5 heteroatoms. The summed E-state index contributed by atoms with van der Waals surface area (Å²) in [5, 5.41) is 0. The molecular weight excluding hydrogens is 362 g/mol. The third-order valence-electron chi connectivity index (χ3n) is 5.17. The highest BCUT2D eigenvalue weighted by Crippen LogP contribution is 2.38. The van der Waals surface area contributed by atoms with Crippen LogP contribution in [-0.4, -0.2) is 42.2 Å². The van der Waals surface area contributed by atoms with Crippen LogP contribution in [-0.2, 0) is 4.74 Å². The molecule has 2 aromatic rings. The summed E-state index contributed by atoms with van der Waals surface area (Å²) in [5.41, 5.74) is 3.11. The van der Waals surface area contributed by atoms with Crippen LogP contribution in [0.15, 0.2) is 54.6 Å². The summed E-state index contributed by atoms with van der Waals surface area (Å²) in [4.78, 5) is 13.7. The Balaban J connectivity index is 1.45. The first kappa shape index (κ1) is 17.9. The first-order valence-corrected chi connectivity index (χ1v) is 9.78. The molecule has 0 bridgehead atoms. The maximum atomic E-state index is 12.0. The number of piperidine rings is 1. The minimum absolute atomic E-state index is 0.246. The lowest BCUT2D eigenvalue weighted by molar-refractivity contribution is 0.0321. The molecule has 0 N–H and O–H groups in total. The van der Waals surface area contributed by atoms with E-state index in [1.165, 1.54) is 11.1 Å². The third-order valence-corrected chi connectivity index (χ3v) is 5.32. The van der Waals surface area contributed by atoms with Crippen molar-refractivity contribution in [3.05, 3.63) is 60.2 Å². The fourth-order valence-electron chi connectivity index (χ4n) is 3.63. The molecule has 0 saturated carbocycles. The number of amides is 1. The van der Waals surface area contributed by atoms with E-state index in [2.05, 4.69) is 36.4 Å². The van der Waals surface area contributed by atoms with Crippen LogP contribution in [0.4, 0.5) is 4.79 Å². The molecule has 1 fully saturated rings.